The van der Waals surface area contributed by atoms with Crippen LogP contribution in [0.15, 0.2) is 0 Å². The van der Waals surface area contributed by atoms with Gasteiger partial charge in [0.2, 0.25) is 0 Å². The van der Waals surface area contributed by atoms with Crippen LogP contribution in [0, 0.1) is 0 Å². The molecule has 1 heterocycles. The largest absolute Gasteiger partial charge is 0.479 e. The van der Waals surface area contributed by atoms with Gasteiger partial charge in [0, 0.05) is 6.54 Å². The third-order valence-electron chi connectivity index (χ3n) is 2.63. The summed E-state index contributed by atoms with van der Waals surface area (Å²) in [6.45, 7) is -0.503. The molecule has 1 unspecified atom stereocenters. The molecule has 0 aromatic rings. The zero-order chi connectivity index (χ0) is 10.8. The summed E-state index contributed by atoms with van der Waals surface area (Å²) in [5.74, 6) is -1.28. The SMILES string of the molecule is O=C(O)N1CCCCC1(CO)C(=O)O. The van der Waals surface area contributed by atoms with Gasteiger partial charge in [-0.05, 0) is 19.3 Å². The predicted octanol–water partition coefficient (Wildman–Crippen LogP) is -0.0340. The first-order valence-corrected chi connectivity index (χ1v) is 4.39. The fourth-order valence-electron chi connectivity index (χ4n) is 1.77. The third-order valence-corrected chi connectivity index (χ3v) is 2.63. The molecular formula is C8H13NO5. The van der Waals surface area contributed by atoms with Crippen molar-refractivity contribution in [1.29, 1.82) is 0 Å². The number of carbonyl (C=O) groups is 2. The highest BCUT2D eigenvalue weighted by molar-refractivity contribution is 5.84. The van der Waals surface area contributed by atoms with Crippen molar-refractivity contribution in [3.63, 3.8) is 0 Å². The second kappa shape index (κ2) is 3.83. The minimum absolute atomic E-state index is 0.169. The van der Waals surface area contributed by atoms with E-state index in [0.717, 1.165) is 4.90 Å². The van der Waals surface area contributed by atoms with Crippen LogP contribution in [-0.2, 0) is 4.79 Å². The van der Waals surface area contributed by atoms with Gasteiger partial charge in [-0.1, -0.05) is 0 Å². The van der Waals surface area contributed by atoms with Gasteiger partial charge in [0.15, 0.2) is 5.54 Å². The molecule has 6 heteroatoms. The van der Waals surface area contributed by atoms with Crippen molar-refractivity contribution in [3.05, 3.63) is 0 Å². The number of hydrogen-bond donors (Lipinski definition) is 3. The summed E-state index contributed by atoms with van der Waals surface area (Å²) >= 11 is 0. The molecule has 0 aliphatic carbocycles. The summed E-state index contributed by atoms with van der Waals surface area (Å²) in [6.07, 6.45) is 0.143. The first-order valence-electron chi connectivity index (χ1n) is 4.39. The van der Waals surface area contributed by atoms with Gasteiger partial charge < -0.3 is 15.3 Å². The number of hydrogen-bond acceptors (Lipinski definition) is 3. The van der Waals surface area contributed by atoms with Gasteiger partial charge in [-0.25, -0.2) is 9.59 Å². The fraction of sp³-hybridized carbons (Fsp3) is 0.750. The van der Waals surface area contributed by atoms with E-state index in [-0.39, 0.29) is 13.0 Å². The van der Waals surface area contributed by atoms with Crippen molar-refractivity contribution in [3.8, 4) is 0 Å². The maximum absolute atomic E-state index is 11.0. The van der Waals surface area contributed by atoms with E-state index in [0.29, 0.717) is 12.8 Å². The third kappa shape index (κ3) is 1.52. The highest BCUT2D eigenvalue weighted by Crippen LogP contribution is 2.28. The molecule has 1 amide bonds. The molecule has 1 saturated heterocycles. The van der Waals surface area contributed by atoms with Gasteiger partial charge in [0.25, 0.3) is 0 Å². The van der Waals surface area contributed by atoms with Crippen LogP contribution in [0.1, 0.15) is 19.3 Å². The number of piperidine rings is 1. The highest BCUT2D eigenvalue weighted by Gasteiger charge is 2.47. The molecule has 1 aliphatic heterocycles. The van der Waals surface area contributed by atoms with Crippen molar-refractivity contribution >= 4 is 12.1 Å². The van der Waals surface area contributed by atoms with Crippen molar-refractivity contribution in [2.75, 3.05) is 13.2 Å². The normalized spacial score (nSPS) is 27.4. The van der Waals surface area contributed by atoms with Crippen LogP contribution in [0.2, 0.25) is 0 Å². The molecular weight excluding hydrogens is 190 g/mol. The quantitative estimate of drug-likeness (QED) is 0.585. The number of aliphatic carboxylic acids is 1. The molecule has 0 radical (unpaired) electrons. The Morgan fingerprint density at radius 1 is 1.29 bits per heavy atom. The van der Waals surface area contributed by atoms with Crippen molar-refractivity contribution in [1.82, 2.24) is 4.90 Å². The second-order valence-corrected chi connectivity index (χ2v) is 3.39. The van der Waals surface area contributed by atoms with E-state index >= 15 is 0 Å². The molecule has 1 fully saturated rings. The van der Waals surface area contributed by atoms with Crippen LogP contribution in [0.5, 0.6) is 0 Å². The lowest BCUT2D eigenvalue weighted by atomic mass is 9.88. The Kier molecular flexibility index (Phi) is 2.95. The Labute approximate surface area is 80.8 Å². The second-order valence-electron chi connectivity index (χ2n) is 3.39. The van der Waals surface area contributed by atoms with E-state index in [1.807, 2.05) is 0 Å². The lowest BCUT2D eigenvalue weighted by Gasteiger charge is -2.40. The molecule has 0 saturated carbocycles. The first-order chi connectivity index (χ1) is 6.54. The Morgan fingerprint density at radius 3 is 2.29 bits per heavy atom. The molecule has 1 rings (SSSR count). The van der Waals surface area contributed by atoms with Crippen LogP contribution in [-0.4, -0.2) is 51.0 Å². The smallest absolute Gasteiger partial charge is 0.408 e. The number of nitrogens with zero attached hydrogens (tertiary/aromatic N) is 1. The van der Waals surface area contributed by atoms with Crippen molar-refractivity contribution in [2.24, 2.45) is 0 Å². The van der Waals surface area contributed by atoms with E-state index in [9.17, 15) is 9.59 Å². The molecule has 1 aliphatic rings. The summed E-state index contributed by atoms with van der Waals surface area (Å²) in [6, 6.07) is 0. The number of carboxylic acids is 1. The number of carboxylic acid groups (broad SMARTS) is 2. The number of aliphatic hydroxyl groups is 1. The van der Waals surface area contributed by atoms with E-state index < -0.39 is 24.2 Å². The van der Waals surface area contributed by atoms with Crippen LogP contribution < -0.4 is 0 Å². The Morgan fingerprint density at radius 2 is 1.93 bits per heavy atom. The van der Waals surface area contributed by atoms with Crippen LogP contribution in [0.3, 0.4) is 0 Å². The minimum Gasteiger partial charge on any atom is -0.479 e. The molecule has 0 aromatic heterocycles. The standard InChI is InChI=1S/C8H13NO5/c10-5-8(6(11)12)3-1-2-4-9(8)7(13)14/h10H,1-5H2,(H,11,12)(H,13,14). The first kappa shape index (κ1) is 10.8. The number of aliphatic hydroxyl groups excluding tert-OH is 1. The molecule has 0 aromatic carbocycles. The van der Waals surface area contributed by atoms with Gasteiger partial charge >= 0.3 is 12.1 Å². The molecule has 6 nitrogen and oxygen atoms in total. The average molecular weight is 203 g/mol. The lowest BCUT2D eigenvalue weighted by molar-refractivity contribution is -0.155. The maximum Gasteiger partial charge on any atom is 0.408 e. The molecule has 1 atom stereocenters. The molecule has 80 valence electrons. The fourth-order valence-corrected chi connectivity index (χ4v) is 1.77. The van der Waals surface area contributed by atoms with E-state index in [4.69, 9.17) is 15.3 Å². The van der Waals surface area contributed by atoms with Gasteiger partial charge in [-0.2, -0.15) is 0 Å². The zero-order valence-corrected chi connectivity index (χ0v) is 7.64. The van der Waals surface area contributed by atoms with Gasteiger partial charge in [-0.15, -0.1) is 0 Å². The van der Waals surface area contributed by atoms with Crippen molar-refractivity contribution < 1.29 is 24.9 Å². The number of rotatable bonds is 2. The van der Waals surface area contributed by atoms with E-state index in [1.54, 1.807) is 0 Å². The zero-order valence-electron chi connectivity index (χ0n) is 7.64. The summed E-state index contributed by atoms with van der Waals surface area (Å²) in [5, 5.41) is 26.8. The molecule has 0 bridgehead atoms. The van der Waals surface area contributed by atoms with Gasteiger partial charge in [0.05, 0.1) is 6.61 Å². The lowest BCUT2D eigenvalue weighted by Crippen LogP contribution is -2.61. The topological polar surface area (TPSA) is 98.1 Å². The summed E-state index contributed by atoms with van der Waals surface area (Å²) < 4.78 is 0. The van der Waals surface area contributed by atoms with E-state index in [1.165, 1.54) is 0 Å². The molecule has 14 heavy (non-hydrogen) atoms. The molecule has 3 N–H and O–H groups in total. The van der Waals surface area contributed by atoms with Crippen LogP contribution in [0.25, 0.3) is 0 Å². The number of likely N-dealkylation sites (tertiary alicyclic amines) is 1. The van der Waals surface area contributed by atoms with Crippen LogP contribution in [0.4, 0.5) is 4.79 Å². The summed E-state index contributed by atoms with van der Waals surface area (Å²) in [4.78, 5) is 22.6. The van der Waals surface area contributed by atoms with Crippen LogP contribution >= 0.6 is 0 Å². The van der Waals surface area contributed by atoms with Gasteiger partial charge in [0.1, 0.15) is 0 Å². The average Bonchev–Trinajstić information content (AvgIpc) is 2.17. The van der Waals surface area contributed by atoms with E-state index in [2.05, 4.69) is 0 Å². The maximum atomic E-state index is 11.0. The molecule has 0 spiro atoms. The summed E-state index contributed by atoms with van der Waals surface area (Å²) in [5.41, 5.74) is -1.63. The highest BCUT2D eigenvalue weighted by atomic mass is 16.4. The van der Waals surface area contributed by atoms with Gasteiger partial charge in [-0.3, -0.25) is 4.90 Å². The number of amides is 1. The Balaban J connectivity index is 2.98. The monoisotopic (exact) mass is 203 g/mol. The predicted molar refractivity (Wildman–Crippen MR) is 46.0 cm³/mol. The minimum atomic E-state index is -1.63. The van der Waals surface area contributed by atoms with Crippen molar-refractivity contribution in [2.45, 2.75) is 24.8 Å². The Hall–Kier alpha value is -1.30. The Bertz CT molecular complexity index is 254. The summed E-state index contributed by atoms with van der Waals surface area (Å²) in [7, 11) is 0.